The Bertz CT molecular complexity index is 442. The van der Waals surface area contributed by atoms with Crippen LogP contribution in [-0.4, -0.2) is 40.8 Å². The second-order valence-corrected chi connectivity index (χ2v) is 7.22. The smallest absolute Gasteiger partial charge is 0.410 e. The lowest BCUT2D eigenvalue weighted by atomic mass is 9.87. The number of carboxylic acid groups (broad SMARTS) is 1. The van der Waals surface area contributed by atoms with Gasteiger partial charge in [0.25, 0.3) is 0 Å². The molecule has 0 aromatic carbocycles. The number of amides is 1. The Morgan fingerprint density at radius 2 is 1.91 bits per heavy atom. The highest BCUT2D eigenvalue weighted by atomic mass is 16.6. The SMILES string of the molecule is CC(C)(C)OC(=O)N1CCC(CCC(CCC#N)C(=O)O)CC1. The number of piperidine rings is 1. The van der Waals surface area contributed by atoms with Gasteiger partial charge in [-0.05, 0) is 58.8 Å². The second-order valence-electron chi connectivity index (χ2n) is 7.22. The van der Waals surface area contributed by atoms with Crippen LogP contribution in [0.5, 0.6) is 0 Å². The molecule has 1 rings (SSSR count). The zero-order valence-electron chi connectivity index (χ0n) is 14.4. The molecule has 0 aliphatic carbocycles. The van der Waals surface area contributed by atoms with Gasteiger partial charge < -0.3 is 14.7 Å². The fourth-order valence-corrected chi connectivity index (χ4v) is 2.80. The molecule has 1 atom stereocenters. The van der Waals surface area contributed by atoms with Crippen LogP contribution in [0, 0.1) is 23.2 Å². The average Bonchev–Trinajstić information content (AvgIpc) is 2.45. The second kappa shape index (κ2) is 8.76. The number of likely N-dealkylation sites (tertiary alicyclic amines) is 1. The predicted molar refractivity (Wildman–Crippen MR) is 85.7 cm³/mol. The van der Waals surface area contributed by atoms with Crippen LogP contribution in [0.3, 0.4) is 0 Å². The van der Waals surface area contributed by atoms with Gasteiger partial charge in [-0.2, -0.15) is 5.26 Å². The summed E-state index contributed by atoms with van der Waals surface area (Å²) in [6.45, 7) is 6.88. The molecule has 1 aliphatic heterocycles. The number of rotatable bonds is 6. The van der Waals surface area contributed by atoms with E-state index in [0.717, 1.165) is 19.3 Å². The predicted octanol–water partition coefficient (Wildman–Crippen LogP) is 3.42. The third-order valence-electron chi connectivity index (χ3n) is 4.14. The van der Waals surface area contributed by atoms with Crippen molar-refractivity contribution in [2.45, 2.75) is 64.9 Å². The summed E-state index contributed by atoms with van der Waals surface area (Å²) < 4.78 is 5.37. The van der Waals surface area contributed by atoms with E-state index in [9.17, 15) is 14.7 Å². The van der Waals surface area contributed by atoms with Gasteiger partial charge in [0.1, 0.15) is 5.60 Å². The number of aliphatic carboxylic acids is 1. The molecular formula is C17H28N2O4. The van der Waals surface area contributed by atoms with Crippen LogP contribution >= 0.6 is 0 Å². The molecular weight excluding hydrogens is 296 g/mol. The molecule has 0 spiro atoms. The van der Waals surface area contributed by atoms with E-state index in [0.29, 0.717) is 31.8 Å². The van der Waals surface area contributed by atoms with E-state index in [1.165, 1.54) is 0 Å². The molecule has 1 unspecified atom stereocenters. The van der Waals surface area contributed by atoms with E-state index in [4.69, 9.17) is 10.00 Å². The molecule has 1 amide bonds. The number of hydrogen-bond acceptors (Lipinski definition) is 4. The summed E-state index contributed by atoms with van der Waals surface area (Å²) in [6, 6.07) is 2.01. The van der Waals surface area contributed by atoms with Crippen molar-refractivity contribution in [3.63, 3.8) is 0 Å². The summed E-state index contributed by atoms with van der Waals surface area (Å²) in [5.74, 6) is -0.803. The normalized spacial score (nSPS) is 17.4. The van der Waals surface area contributed by atoms with E-state index in [1.54, 1.807) is 4.90 Å². The van der Waals surface area contributed by atoms with Crippen LogP contribution in [0.1, 0.15) is 59.3 Å². The van der Waals surface area contributed by atoms with Gasteiger partial charge in [0.2, 0.25) is 0 Å². The molecule has 1 saturated heterocycles. The lowest BCUT2D eigenvalue weighted by Crippen LogP contribution is -2.41. The van der Waals surface area contributed by atoms with Crippen molar-refractivity contribution >= 4 is 12.1 Å². The van der Waals surface area contributed by atoms with Crippen molar-refractivity contribution in [3.05, 3.63) is 0 Å². The van der Waals surface area contributed by atoms with Gasteiger partial charge in [0, 0.05) is 19.5 Å². The first kappa shape index (κ1) is 19.3. The van der Waals surface area contributed by atoms with Crippen molar-refractivity contribution < 1.29 is 19.4 Å². The summed E-state index contributed by atoms with van der Waals surface area (Å²) in [5, 5.41) is 17.8. The third kappa shape index (κ3) is 7.36. The zero-order valence-corrected chi connectivity index (χ0v) is 14.4. The van der Waals surface area contributed by atoms with E-state index in [2.05, 4.69) is 0 Å². The molecule has 1 fully saturated rings. The standard InChI is InChI=1S/C17H28N2O4/c1-17(2,3)23-16(22)19-11-8-13(9-12-19)6-7-14(15(20)21)5-4-10-18/h13-14H,4-9,11-12H2,1-3H3,(H,20,21). The number of hydrogen-bond donors (Lipinski definition) is 1. The number of nitriles is 1. The van der Waals surface area contributed by atoms with Crippen LogP contribution in [0.2, 0.25) is 0 Å². The van der Waals surface area contributed by atoms with Gasteiger partial charge in [-0.1, -0.05) is 0 Å². The van der Waals surface area contributed by atoms with Gasteiger partial charge in [0.15, 0.2) is 0 Å². The van der Waals surface area contributed by atoms with Crippen LogP contribution < -0.4 is 0 Å². The van der Waals surface area contributed by atoms with Crippen molar-refractivity contribution in [3.8, 4) is 6.07 Å². The van der Waals surface area contributed by atoms with Crippen molar-refractivity contribution in [2.75, 3.05) is 13.1 Å². The highest BCUT2D eigenvalue weighted by Gasteiger charge is 2.27. The van der Waals surface area contributed by atoms with E-state index >= 15 is 0 Å². The Morgan fingerprint density at radius 1 is 1.30 bits per heavy atom. The molecule has 130 valence electrons. The van der Waals surface area contributed by atoms with Gasteiger partial charge in [0.05, 0.1) is 12.0 Å². The molecule has 1 heterocycles. The molecule has 0 radical (unpaired) electrons. The molecule has 23 heavy (non-hydrogen) atoms. The first-order valence-corrected chi connectivity index (χ1v) is 8.30. The van der Waals surface area contributed by atoms with Crippen molar-refractivity contribution in [2.24, 2.45) is 11.8 Å². The molecule has 1 N–H and O–H groups in total. The summed E-state index contributed by atoms with van der Waals surface area (Å²) in [7, 11) is 0. The Labute approximate surface area is 138 Å². The monoisotopic (exact) mass is 324 g/mol. The van der Waals surface area contributed by atoms with E-state index in [-0.39, 0.29) is 12.5 Å². The summed E-state index contributed by atoms with van der Waals surface area (Å²) in [4.78, 5) is 24.9. The first-order chi connectivity index (χ1) is 10.7. The van der Waals surface area contributed by atoms with Gasteiger partial charge >= 0.3 is 12.1 Å². The summed E-state index contributed by atoms with van der Waals surface area (Å²) >= 11 is 0. The number of carboxylic acids is 1. The van der Waals surface area contributed by atoms with Crippen LogP contribution in [0.15, 0.2) is 0 Å². The molecule has 6 nitrogen and oxygen atoms in total. The van der Waals surface area contributed by atoms with Crippen molar-refractivity contribution in [1.29, 1.82) is 5.26 Å². The fourth-order valence-electron chi connectivity index (χ4n) is 2.80. The number of ether oxygens (including phenoxy) is 1. The maximum absolute atomic E-state index is 12.0. The fraction of sp³-hybridized carbons (Fsp3) is 0.824. The molecule has 0 bridgehead atoms. The Balaban J connectivity index is 2.34. The first-order valence-electron chi connectivity index (χ1n) is 8.30. The topological polar surface area (TPSA) is 90.6 Å². The van der Waals surface area contributed by atoms with Gasteiger partial charge in [-0.25, -0.2) is 4.79 Å². The van der Waals surface area contributed by atoms with Crippen molar-refractivity contribution in [1.82, 2.24) is 4.90 Å². The van der Waals surface area contributed by atoms with Crippen LogP contribution in [0.4, 0.5) is 4.79 Å². The van der Waals surface area contributed by atoms with Gasteiger partial charge in [-0.3, -0.25) is 4.79 Å². The Kier molecular flexibility index (Phi) is 7.34. The minimum atomic E-state index is -0.813. The highest BCUT2D eigenvalue weighted by molar-refractivity contribution is 5.70. The Morgan fingerprint density at radius 3 is 2.39 bits per heavy atom. The number of carbonyl (C=O) groups is 2. The van der Waals surface area contributed by atoms with E-state index < -0.39 is 17.5 Å². The third-order valence-corrected chi connectivity index (χ3v) is 4.14. The van der Waals surface area contributed by atoms with E-state index in [1.807, 2.05) is 26.8 Å². The quantitative estimate of drug-likeness (QED) is 0.808. The van der Waals surface area contributed by atoms with Crippen LogP contribution in [-0.2, 0) is 9.53 Å². The summed E-state index contributed by atoms with van der Waals surface area (Å²) in [5.41, 5.74) is -0.483. The molecule has 0 aromatic rings. The molecule has 0 saturated carbocycles. The molecule has 0 aromatic heterocycles. The maximum Gasteiger partial charge on any atom is 0.410 e. The largest absolute Gasteiger partial charge is 0.481 e. The minimum Gasteiger partial charge on any atom is -0.481 e. The lowest BCUT2D eigenvalue weighted by Gasteiger charge is -2.33. The summed E-state index contributed by atoms with van der Waals surface area (Å²) in [6.07, 6.45) is 3.64. The zero-order chi connectivity index (χ0) is 17.5. The van der Waals surface area contributed by atoms with Crippen LogP contribution in [0.25, 0.3) is 0 Å². The molecule has 1 aliphatic rings. The van der Waals surface area contributed by atoms with Gasteiger partial charge in [-0.15, -0.1) is 0 Å². The Hall–Kier alpha value is -1.77. The average molecular weight is 324 g/mol. The highest BCUT2D eigenvalue weighted by Crippen LogP contribution is 2.26. The minimum absolute atomic E-state index is 0.270. The lowest BCUT2D eigenvalue weighted by molar-refractivity contribution is -0.142. The number of carbonyl (C=O) groups excluding carboxylic acids is 1. The molecule has 6 heteroatoms. The maximum atomic E-state index is 12.0. The number of nitrogens with zero attached hydrogens (tertiary/aromatic N) is 2.